The standard InChI is InChI=1S/C26H23NO6/c1-29-18-11-9-16(10-12-18)25(28)19(26-27-20-7-5-6-8-21(20)33-26)13-17-14-23(31-3)24(32-4)15-22(17)30-2/h5-15H,1-4H3. The third-order valence-electron chi connectivity index (χ3n) is 5.16. The summed E-state index contributed by atoms with van der Waals surface area (Å²) in [5.74, 6) is 2.11. The Morgan fingerprint density at radius 1 is 0.818 bits per heavy atom. The van der Waals surface area contributed by atoms with Gasteiger partial charge >= 0.3 is 0 Å². The number of Topliss-reactive ketones (excluding diaryl/α,β-unsaturated/α-hetero) is 1. The molecule has 1 heterocycles. The molecule has 0 saturated carbocycles. The Balaban J connectivity index is 1.90. The molecular weight excluding hydrogens is 422 g/mol. The second kappa shape index (κ2) is 9.48. The van der Waals surface area contributed by atoms with Gasteiger partial charge in [-0.3, -0.25) is 4.79 Å². The van der Waals surface area contributed by atoms with E-state index in [4.69, 9.17) is 23.4 Å². The first-order valence-corrected chi connectivity index (χ1v) is 10.1. The minimum absolute atomic E-state index is 0.203. The van der Waals surface area contributed by atoms with Crippen molar-refractivity contribution >= 4 is 28.5 Å². The van der Waals surface area contributed by atoms with Crippen LogP contribution >= 0.6 is 0 Å². The molecule has 7 heteroatoms. The Hall–Kier alpha value is -4.26. The number of ketones is 1. The number of aromatic nitrogens is 1. The summed E-state index contributed by atoms with van der Waals surface area (Å²) in [5, 5.41) is 0. The maximum absolute atomic E-state index is 13.6. The number of ether oxygens (including phenoxy) is 4. The summed E-state index contributed by atoms with van der Waals surface area (Å²) in [7, 11) is 6.21. The summed E-state index contributed by atoms with van der Waals surface area (Å²) < 4.78 is 27.5. The number of allylic oxidation sites excluding steroid dienone is 1. The zero-order chi connectivity index (χ0) is 23.4. The first-order valence-electron chi connectivity index (χ1n) is 10.1. The molecule has 0 saturated heterocycles. The van der Waals surface area contributed by atoms with E-state index in [0.29, 0.717) is 45.2 Å². The lowest BCUT2D eigenvalue weighted by Gasteiger charge is -2.13. The Morgan fingerprint density at radius 2 is 1.48 bits per heavy atom. The number of carbonyl (C=O) groups is 1. The van der Waals surface area contributed by atoms with Crippen LogP contribution in [0.1, 0.15) is 21.8 Å². The summed E-state index contributed by atoms with van der Waals surface area (Å²) in [5.41, 5.74) is 2.57. The number of para-hydroxylation sites is 2. The average molecular weight is 445 g/mol. The molecule has 0 N–H and O–H groups in total. The van der Waals surface area contributed by atoms with Gasteiger partial charge in [0, 0.05) is 17.2 Å². The molecule has 7 nitrogen and oxygen atoms in total. The Labute approximate surface area is 191 Å². The number of oxazole rings is 1. The fourth-order valence-electron chi connectivity index (χ4n) is 3.43. The van der Waals surface area contributed by atoms with Crippen molar-refractivity contribution in [3.63, 3.8) is 0 Å². The molecule has 3 aromatic carbocycles. The summed E-state index contributed by atoms with van der Waals surface area (Å²) >= 11 is 0. The number of rotatable bonds is 8. The van der Waals surface area contributed by atoms with Gasteiger partial charge in [0.15, 0.2) is 22.9 Å². The fourth-order valence-corrected chi connectivity index (χ4v) is 3.43. The van der Waals surface area contributed by atoms with Gasteiger partial charge in [-0.15, -0.1) is 0 Å². The van der Waals surface area contributed by atoms with Gasteiger partial charge in [-0.05, 0) is 48.5 Å². The molecule has 0 amide bonds. The largest absolute Gasteiger partial charge is 0.497 e. The maximum Gasteiger partial charge on any atom is 0.231 e. The van der Waals surface area contributed by atoms with Gasteiger partial charge in [-0.1, -0.05) is 12.1 Å². The maximum atomic E-state index is 13.6. The Bertz CT molecular complexity index is 1290. The van der Waals surface area contributed by atoms with E-state index in [1.165, 1.54) is 0 Å². The summed E-state index contributed by atoms with van der Waals surface area (Å²) in [6, 6.07) is 17.6. The summed E-state index contributed by atoms with van der Waals surface area (Å²) in [6.45, 7) is 0. The summed E-state index contributed by atoms with van der Waals surface area (Å²) in [4.78, 5) is 18.1. The number of hydrogen-bond donors (Lipinski definition) is 0. The van der Waals surface area contributed by atoms with E-state index in [1.807, 2.05) is 18.2 Å². The molecule has 0 aliphatic rings. The van der Waals surface area contributed by atoms with Crippen LogP contribution in [0.4, 0.5) is 0 Å². The van der Waals surface area contributed by atoms with E-state index < -0.39 is 0 Å². The quantitative estimate of drug-likeness (QED) is 0.269. The molecule has 0 unspecified atom stereocenters. The molecule has 0 bridgehead atoms. The lowest BCUT2D eigenvalue weighted by molar-refractivity contribution is 0.105. The number of benzene rings is 3. The van der Waals surface area contributed by atoms with Crippen molar-refractivity contribution in [3.05, 3.63) is 77.7 Å². The van der Waals surface area contributed by atoms with Crippen LogP contribution in [0.25, 0.3) is 22.7 Å². The van der Waals surface area contributed by atoms with Crippen molar-refractivity contribution in [1.29, 1.82) is 0 Å². The van der Waals surface area contributed by atoms with Gasteiger partial charge in [-0.25, -0.2) is 4.98 Å². The molecule has 33 heavy (non-hydrogen) atoms. The smallest absolute Gasteiger partial charge is 0.231 e. The average Bonchev–Trinajstić information content (AvgIpc) is 3.30. The highest BCUT2D eigenvalue weighted by Gasteiger charge is 2.22. The normalized spacial score (nSPS) is 11.3. The van der Waals surface area contributed by atoms with E-state index in [0.717, 1.165) is 0 Å². The Morgan fingerprint density at radius 3 is 2.12 bits per heavy atom. The molecule has 0 aliphatic heterocycles. The lowest BCUT2D eigenvalue weighted by atomic mass is 10.00. The van der Waals surface area contributed by atoms with Gasteiger partial charge in [0.2, 0.25) is 5.89 Å². The molecule has 0 radical (unpaired) electrons. The monoisotopic (exact) mass is 445 g/mol. The van der Waals surface area contributed by atoms with Gasteiger partial charge in [0.1, 0.15) is 17.0 Å². The first kappa shape index (κ1) is 22.0. The molecule has 0 aliphatic carbocycles. The highest BCUT2D eigenvalue weighted by Crippen LogP contribution is 2.37. The van der Waals surface area contributed by atoms with Crippen LogP contribution in [0.2, 0.25) is 0 Å². The van der Waals surface area contributed by atoms with E-state index in [1.54, 1.807) is 77.0 Å². The molecule has 0 atom stereocenters. The molecule has 168 valence electrons. The van der Waals surface area contributed by atoms with Crippen molar-refractivity contribution in [2.75, 3.05) is 28.4 Å². The third-order valence-corrected chi connectivity index (χ3v) is 5.16. The predicted octanol–water partition coefficient (Wildman–Crippen LogP) is 5.29. The molecule has 1 aromatic heterocycles. The predicted molar refractivity (Wildman–Crippen MR) is 125 cm³/mol. The molecule has 0 spiro atoms. The van der Waals surface area contributed by atoms with Crippen LogP contribution in [-0.4, -0.2) is 39.2 Å². The first-order chi connectivity index (χ1) is 16.1. The van der Waals surface area contributed by atoms with Crippen molar-refractivity contribution in [3.8, 4) is 23.0 Å². The van der Waals surface area contributed by atoms with Crippen LogP contribution in [0.3, 0.4) is 0 Å². The number of nitrogens with zero attached hydrogens (tertiary/aromatic N) is 1. The molecule has 4 aromatic rings. The minimum atomic E-state index is -0.263. The van der Waals surface area contributed by atoms with E-state index >= 15 is 0 Å². The number of methoxy groups -OCH3 is 4. The Kier molecular flexibility index (Phi) is 6.31. The zero-order valence-corrected chi connectivity index (χ0v) is 18.7. The van der Waals surface area contributed by atoms with Gasteiger partial charge in [0.25, 0.3) is 0 Å². The topological polar surface area (TPSA) is 80.0 Å². The van der Waals surface area contributed by atoms with Crippen LogP contribution in [0.5, 0.6) is 23.0 Å². The van der Waals surface area contributed by atoms with Gasteiger partial charge < -0.3 is 23.4 Å². The number of fused-ring (bicyclic) bond motifs is 1. The molecule has 0 fully saturated rings. The lowest BCUT2D eigenvalue weighted by Crippen LogP contribution is -2.04. The SMILES string of the molecule is COc1ccc(C(=O)C(=Cc2cc(OC)c(OC)cc2OC)c2nc3ccccc3o2)cc1. The van der Waals surface area contributed by atoms with E-state index in [9.17, 15) is 4.79 Å². The summed E-state index contributed by atoms with van der Waals surface area (Å²) in [6.07, 6.45) is 1.68. The highest BCUT2D eigenvalue weighted by molar-refractivity contribution is 6.31. The number of carbonyl (C=O) groups excluding carboxylic acids is 1. The second-order valence-corrected chi connectivity index (χ2v) is 7.05. The van der Waals surface area contributed by atoms with Crippen LogP contribution in [-0.2, 0) is 0 Å². The number of hydrogen-bond acceptors (Lipinski definition) is 7. The fraction of sp³-hybridized carbons (Fsp3) is 0.154. The van der Waals surface area contributed by atoms with Crippen molar-refractivity contribution in [1.82, 2.24) is 4.98 Å². The van der Waals surface area contributed by atoms with Crippen molar-refractivity contribution in [2.24, 2.45) is 0 Å². The molecule has 4 rings (SSSR count). The van der Waals surface area contributed by atoms with Crippen molar-refractivity contribution < 1.29 is 28.2 Å². The van der Waals surface area contributed by atoms with E-state index in [2.05, 4.69) is 4.98 Å². The second-order valence-electron chi connectivity index (χ2n) is 7.05. The third kappa shape index (κ3) is 4.39. The zero-order valence-electron chi connectivity index (χ0n) is 18.7. The minimum Gasteiger partial charge on any atom is -0.497 e. The van der Waals surface area contributed by atoms with Crippen LogP contribution in [0.15, 0.2) is 65.1 Å². The van der Waals surface area contributed by atoms with Crippen molar-refractivity contribution in [2.45, 2.75) is 0 Å². The highest BCUT2D eigenvalue weighted by atomic mass is 16.5. The van der Waals surface area contributed by atoms with Gasteiger partial charge in [0.05, 0.1) is 34.0 Å². The van der Waals surface area contributed by atoms with Crippen LogP contribution < -0.4 is 18.9 Å². The van der Waals surface area contributed by atoms with Crippen LogP contribution in [0, 0.1) is 0 Å². The van der Waals surface area contributed by atoms with E-state index in [-0.39, 0.29) is 17.2 Å². The molecular formula is C26H23NO6. The van der Waals surface area contributed by atoms with Gasteiger partial charge in [-0.2, -0.15) is 0 Å².